The fourth-order valence-corrected chi connectivity index (χ4v) is 11.4. The number of carbonyl (C=O) groups is 2. The molecule has 1 saturated carbocycles. The first-order valence-electron chi connectivity index (χ1n) is 20.2. The first-order chi connectivity index (χ1) is 27.8. The number of ether oxygens (including phenoxy) is 2. The molecule has 312 valence electrons. The van der Waals surface area contributed by atoms with E-state index in [2.05, 4.69) is 27.8 Å². The van der Waals surface area contributed by atoms with Crippen molar-refractivity contribution in [2.24, 2.45) is 17.8 Å². The molecule has 14 heteroatoms. The molecule has 58 heavy (non-hydrogen) atoms. The van der Waals surface area contributed by atoms with Crippen LogP contribution in [0.15, 0.2) is 83.1 Å². The maximum atomic E-state index is 16.3. The van der Waals surface area contributed by atoms with Crippen LogP contribution in [-0.4, -0.2) is 102 Å². The Morgan fingerprint density at radius 3 is 2.29 bits per heavy atom. The SMILES string of the molecule is C=CC(=O)Nc1cc(S(=O)(=O)c2ccc(N3CC(F)(CN4CCC([C@@](CN5CCC5)(c5cccc(F)c5)[C@H]5CCC[C@@H]5CC(=O)OC)CC4)C3)c(F)c2)ccc1OC. The molecule has 1 N–H and O–H groups in total. The number of methoxy groups -OCH3 is 2. The summed E-state index contributed by atoms with van der Waals surface area (Å²) in [7, 11) is -1.39. The second kappa shape index (κ2) is 17.1. The molecular weight excluding hydrogens is 770 g/mol. The molecule has 7 rings (SSSR count). The lowest BCUT2D eigenvalue weighted by molar-refractivity contribution is -0.142. The predicted octanol–water partition coefficient (Wildman–Crippen LogP) is 6.79. The van der Waals surface area contributed by atoms with Crippen LogP contribution in [0.3, 0.4) is 0 Å². The van der Waals surface area contributed by atoms with E-state index in [1.54, 1.807) is 17.0 Å². The Labute approximate surface area is 339 Å². The number of esters is 1. The van der Waals surface area contributed by atoms with Crippen LogP contribution < -0.4 is 15.0 Å². The Morgan fingerprint density at radius 1 is 0.931 bits per heavy atom. The fraction of sp³-hybridized carbons (Fsp3) is 0.500. The predicted molar refractivity (Wildman–Crippen MR) is 215 cm³/mol. The molecule has 4 aliphatic rings. The lowest BCUT2D eigenvalue weighted by Crippen LogP contribution is -2.65. The number of sulfone groups is 1. The number of likely N-dealkylation sites (tertiary alicyclic amines) is 2. The third-order valence-electron chi connectivity index (χ3n) is 13.0. The van der Waals surface area contributed by atoms with Crippen molar-refractivity contribution in [3.05, 3.63) is 90.5 Å². The van der Waals surface area contributed by atoms with Gasteiger partial charge in [-0.25, -0.2) is 21.6 Å². The number of hydrogen-bond acceptors (Lipinski definition) is 9. The molecule has 0 bridgehead atoms. The summed E-state index contributed by atoms with van der Waals surface area (Å²) in [6.45, 7) is 7.60. The van der Waals surface area contributed by atoms with E-state index in [1.165, 1.54) is 50.6 Å². The maximum Gasteiger partial charge on any atom is 0.305 e. The second-order valence-corrected chi connectivity index (χ2v) is 18.4. The molecule has 0 radical (unpaired) electrons. The molecule has 0 spiro atoms. The van der Waals surface area contributed by atoms with Crippen LogP contribution in [0.1, 0.15) is 50.5 Å². The first-order valence-corrected chi connectivity index (χ1v) is 21.6. The minimum absolute atomic E-state index is 0.0414. The van der Waals surface area contributed by atoms with E-state index in [0.29, 0.717) is 19.5 Å². The lowest BCUT2D eigenvalue weighted by atomic mass is 9.56. The highest BCUT2D eigenvalue weighted by Crippen LogP contribution is 2.54. The normalized spacial score (nSPS) is 22.3. The van der Waals surface area contributed by atoms with Crippen molar-refractivity contribution in [3.63, 3.8) is 0 Å². The molecule has 0 unspecified atom stereocenters. The molecule has 3 aromatic carbocycles. The lowest BCUT2D eigenvalue weighted by Gasteiger charge is -2.54. The Morgan fingerprint density at radius 2 is 1.66 bits per heavy atom. The van der Waals surface area contributed by atoms with Gasteiger partial charge in [-0.2, -0.15) is 0 Å². The van der Waals surface area contributed by atoms with Gasteiger partial charge in [-0.3, -0.25) is 14.5 Å². The molecule has 0 aromatic heterocycles. The molecule has 4 fully saturated rings. The van der Waals surface area contributed by atoms with Gasteiger partial charge in [0.2, 0.25) is 15.7 Å². The van der Waals surface area contributed by atoms with E-state index < -0.39 is 27.2 Å². The van der Waals surface area contributed by atoms with Crippen molar-refractivity contribution in [3.8, 4) is 5.75 Å². The molecule has 3 aliphatic heterocycles. The number of rotatable bonds is 15. The number of carbonyl (C=O) groups excluding carboxylic acids is 2. The second-order valence-electron chi connectivity index (χ2n) is 16.5. The highest BCUT2D eigenvalue weighted by molar-refractivity contribution is 7.91. The monoisotopic (exact) mass is 822 g/mol. The van der Waals surface area contributed by atoms with Crippen molar-refractivity contribution in [2.45, 2.75) is 65.8 Å². The van der Waals surface area contributed by atoms with Crippen molar-refractivity contribution in [1.82, 2.24) is 9.80 Å². The zero-order valence-corrected chi connectivity index (χ0v) is 34.0. The van der Waals surface area contributed by atoms with Gasteiger partial charge in [0.05, 0.1) is 48.5 Å². The number of nitrogens with one attached hydrogen (secondary N) is 1. The molecule has 3 saturated heterocycles. The largest absolute Gasteiger partial charge is 0.495 e. The van der Waals surface area contributed by atoms with Gasteiger partial charge in [0, 0.05) is 24.9 Å². The van der Waals surface area contributed by atoms with E-state index in [4.69, 9.17) is 9.47 Å². The fourth-order valence-electron chi connectivity index (χ4n) is 10.1. The van der Waals surface area contributed by atoms with Crippen LogP contribution in [0, 0.1) is 29.4 Å². The van der Waals surface area contributed by atoms with E-state index >= 15 is 13.2 Å². The number of anilines is 2. The summed E-state index contributed by atoms with van der Waals surface area (Å²) in [5.41, 5.74) is -0.747. The van der Waals surface area contributed by atoms with Gasteiger partial charge < -0.3 is 24.6 Å². The Hall–Kier alpha value is -4.40. The molecule has 1 aliphatic carbocycles. The quantitative estimate of drug-likeness (QED) is 0.131. The van der Waals surface area contributed by atoms with Crippen molar-refractivity contribution < 1.29 is 40.7 Å². The Kier molecular flexibility index (Phi) is 12.3. The summed E-state index contributed by atoms with van der Waals surface area (Å²) < 4.78 is 84.4. The van der Waals surface area contributed by atoms with Crippen molar-refractivity contribution in [1.29, 1.82) is 0 Å². The molecule has 10 nitrogen and oxygen atoms in total. The van der Waals surface area contributed by atoms with Crippen LogP contribution in [0.4, 0.5) is 24.5 Å². The third-order valence-corrected chi connectivity index (χ3v) is 14.8. The van der Waals surface area contributed by atoms with Gasteiger partial charge in [-0.05, 0) is 136 Å². The first kappa shape index (κ1) is 41.7. The number of hydrogen-bond donors (Lipinski definition) is 1. The van der Waals surface area contributed by atoms with E-state index in [0.717, 1.165) is 75.9 Å². The third kappa shape index (κ3) is 8.37. The summed E-state index contributed by atoms with van der Waals surface area (Å²) in [6.07, 6.45) is 6.99. The molecule has 3 heterocycles. The number of alkyl halides is 1. The average molecular weight is 823 g/mol. The topological polar surface area (TPSA) is 108 Å². The van der Waals surface area contributed by atoms with Crippen LogP contribution in [0.2, 0.25) is 0 Å². The van der Waals surface area contributed by atoms with Gasteiger partial charge in [0.25, 0.3) is 0 Å². The number of benzene rings is 3. The van der Waals surface area contributed by atoms with Gasteiger partial charge in [-0.1, -0.05) is 25.1 Å². The summed E-state index contributed by atoms with van der Waals surface area (Å²) in [6, 6.07) is 14.6. The summed E-state index contributed by atoms with van der Waals surface area (Å²) in [5.74, 6) is -1.09. The van der Waals surface area contributed by atoms with E-state index in [1.807, 2.05) is 0 Å². The minimum atomic E-state index is -4.19. The van der Waals surface area contributed by atoms with Crippen LogP contribution >= 0.6 is 0 Å². The summed E-state index contributed by atoms with van der Waals surface area (Å²) in [5, 5.41) is 2.52. The van der Waals surface area contributed by atoms with Crippen LogP contribution in [0.25, 0.3) is 0 Å². The minimum Gasteiger partial charge on any atom is -0.495 e. The molecule has 3 aromatic rings. The van der Waals surface area contributed by atoms with Gasteiger partial charge in [-0.15, -0.1) is 0 Å². The number of halogens is 3. The van der Waals surface area contributed by atoms with Gasteiger partial charge in [0.1, 0.15) is 17.4 Å². The van der Waals surface area contributed by atoms with E-state index in [9.17, 15) is 18.0 Å². The smallest absolute Gasteiger partial charge is 0.305 e. The average Bonchev–Trinajstić information content (AvgIpc) is 3.65. The number of nitrogens with zero attached hydrogens (tertiary/aromatic N) is 3. The molecule has 1 amide bonds. The van der Waals surface area contributed by atoms with E-state index in [-0.39, 0.29) is 81.5 Å². The highest BCUT2D eigenvalue weighted by Gasteiger charge is 2.54. The number of piperidine rings is 1. The summed E-state index contributed by atoms with van der Waals surface area (Å²) >= 11 is 0. The molecule has 3 atom stereocenters. The zero-order valence-electron chi connectivity index (χ0n) is 33.2. The van der Waals surface area contributed by atoms with Crippen LogP contribution in [-0.2, 0) is 29.6 Å². The Balaban J connectivity index is 1.03. The maximum absolute atomic E-state index is 16.3. The highest BCUT2D eigenvalue weighted by atomic mass is 32.2. The van der Waals surface area contributed by atoms with Gasteiger partial charge in [0.15, 0.2) is 5.67 Å². The molecular formula is C44H53F3N4O6S. The Bertz CT molecular complexity index is 2120. The van der Waals surface area contributed by atoms with Crippen LogP contribution in [0.5, 0.6) is 5.75 Å². The zero-order chi connectivity index (χ0) is 41.2. The van der Waals surface area contributed by atoms with Gasteiger partial charge >= 0.3 is 5.97 Å². The van der Waals surface area contributed by atoms with Crippen molar-refractivity contribution >= 4 is 33.1 Å². The summed E-state index contributed by atoms with van der Waals surface area (Å²) in [4.78, 5) is 30.3. The van der Waals surface area contributed by atoms with Crippen molar-refractivity contribution in [2.75, 3.05) is 76.8 Å². The number of amides is 1. The standard InChI is InChI=1S/C44H53F3N4O6S/c1-4-41(52)48-38-25-35(13-15-40(38)56-2)58(54,55)34-12-14-39(37(46)24-34)51-27-43(47,28-51)26-50-20-16-31(17-21-50)44(29-49-18-7-19-49,32-9-6-10-33(45)23-32)36-11-5-8-30(36)22-42(53)57-3/h4,6,9-10,12-15,23-25,30-31,36H,1,5,7-8,11,16-22,26-29H2,2-3H3,(H,48,52)/t30-,36+,44+/m1/s1.